The lowest BCUT2D eigenvalue weighted by Gasteiger charge is -2.22. The Balaban J connectivity index is 1.28. The zero-order valence-electron chi connectivity index (χ0n) is 25.2. The Labute approximate surface area is 274 Å². The number of ketones is 1. The third-order valence-electron chi connectivity index (χ3n) is 7.86. The first-order chi connectivity index (χ1) is 23.2. The van der Waals surface area contributed by atoms with Crippen LogP contribution >= 0.6 is 0 Å². The molecule has 0 fully saturated rings. The number of aromatic hydroxyl groups is 4. The summed E-state index contributed by atoms with van der Waals surface area (Å²) in [4.78, 5) is 13.5. The molecule has 7 rings (SSSR count). The number of phenols is 4. The van der Waals surface area contributed by atoms with Crippen molar-refractivity contribution < 1.29 is 39.5 Å². The van der Waals surface area contributed by atoms with Gasteiger partial charge in [0.2, 0.25) is 5.78 Å². The minimum Gasteiger partial charge on any atom is -0.508 e. The van der Waals surface area contributed by atoms with E-state index < -0.39 is 0 Å². The summed E-state index contributed by atoms with van der Waals surface area (Å²) in [5.41, 5.74) is 4.16. The van der Waals surface area contributed by atoms with Crippen molar-refractivity contribution in [3.63, 3.8) is 0 Å². The summed E-state index contributed by atoms with van der Waals surface area (Å²) < 4.78 is 12.3. The van der Waals surface area contributed by atoms with Crippen LogP contribution in [0, 0.1) is 0 Å². The van der Waals surface area contributed by atoms with E-state index >= 15 is 0 Å². The summed E-state index contributed by atoms with van der Waals surface area (Å²) in [6.07, 6.45) is 6.64. The van der Waals surface area contributed by atoms with E-state index in [1.54, 1.807) is 133 Å². The van der Waals surface area contributed by atoms with Gasteiger partial charge < -0.3 is 30.3 Å². The number of carbonyl (C=O) groups is 1. The quantitative estimate of drug-likeness (QED) is 0.0924. The fraction of sp³-hybridized carbons (Fsp3) is 0. The summed E-state index contributed by atoms with van der Waals surface area (Å²) in [6.45, 7) is 0. The van der Waals surface area contributed by atoms with Gasteiger partial charge in [0.25, 0.3) is 0 Å². The van der Waals surface area contributed by atoms with Gasteiger partial charge in [-0.15, -0.1) is 0 Å². The van der Waals surface area contributed by atoms with Gasteiger partial charge in [0.15, 0.2) is 0 Å². The van der Waals surface area contributed by atoms with Crippen LogP contribution in [0.3, 0.4) is 0 Å². The standard InChI is InChI=1S/C40H26O8/c41-29-9-1-25(2-10-29)35-19-23(20-36(47-35)26-3-11-30(42)12-4-26)17-33-39(45)34(40(33)46)18-24-21-37(27-5-13-31(43)14-6-27)48-38(22-24)28-7-15-32(44)16-8-28/h1-22H,(H4-,41,42,43,44,45,46)/p+1. The van der Waals surface area contributed by atoms with Crippen molar-refractivity contribution in [2.45, 2.75) is 0 Å². The molecule has 5 N–H and O–H groups in total. The maximum Gasteiger partial charge on any atom is 0.361 e. The van der Waals surface area contributed by atoms with Crippen molar-refractivity contribution in [2.75, 3.05) is 0 Å². The van der Waals surface area contributed by atoms with Gasteiger partial charge in [-0.05, 0) is 133 Å². The summed E-state index contributed by atoms with van der Waals surface area (Å²) in [5.74, 6) is 1.74. The van der Waals surface area contributed by atoms with Crippen LogP contribution in [0.25, 0.3) is 40.2 Å². The van der Waals surface area contributed by atoms with Gasteiger partial charge in [-0.25, -0.2) is 4.42 Å². The van der Waals surface area contributed by atoms with E-state index in [4.69, 9.17) is 9.15 Å². The molecule has 0 saturated carbocycles. The first-order valence-electron chi connectivity index (χ1n) is 14.9. The smallest absolute Gasteiger partial charge is 0.361 e. The third-order valence-corrected chi connectivity index (χ3v) is 7.86. The van der Waals surface area contributed by atoms with Gasteiger partial charge in [0.1, 0.15) is 40.3 Å². The van der Waals surface area contributed by atoms with Gasteiger partial charge in [0, 0.05) is 11.1 Å². The van der Waals surface area contributed by atoms with E-state index in [1.165, 1.54) is 0 Å². The molecule has 5 aromatic rings. The zero-order chi connectivity index (χ0) is 33.4. The number of aliphatic hydroxyl groups is 1. The molecule has 234 valence electrons. The fourth-order valence-electron chi connectivity index (χ4n) is 5.33. The number of hydrogen-bond donors (Lipinski definition) is 5. The molecule has 48 heavy (non-hydrogen) atoms. The van der Waals surface area contributed by atoms with Crippen molar-refractivity contribution in [3.8, 4) is 45.6 Å². The van der Waals surface area contributed by atoms with Gasteiger partial charge in [-0.1, -0.05) is 0 Å². The predicted molar refractivity (Wildman–Crippen MR) is 181 cm³/mol. The first-order valence-corrected chi connectivity index (χ1v) is 14.9. The molecule has 0 bridgehead atoms. The number of carbonyl (C=O) groups excluding carboxylic acids is 1. The molecule has 0 saturated heterocycles. The highest BCUT2D eigenvalue weighted by Gasteiger charge is 2.33. The molecule has 8 heteroatoms. The number of aliphatic hydroxyl groups excluding tert-OH is 1. The molecule has 1 aliphatic heterocycles. The number of phenolic OH excluding ortho intramolecular Hbond substituents is 4. The highest BCUT2D eigenvalue weighted by Crippen LogP contribution is 2.38. The minimum absolute atomic E-state index is 0.104. The SMILES string of the molecule is O=C1C(=Cc2cc(-c3ccc(O)cc3)[o+]c(-c3ccc(O)cc3)c2)C(O)=C1C=C1C=C(c2ccc(O)cc2)OC(c2ccc(O)cc2)=C1. The lowest BCUT2D eigenvalue weighted by atomic mass is 9.85. The highest BCUT2D eigenvalue weighted by molar-refractivity contribution is 6.23. The van der Waals surface area contributed by atoms with E-state index in [9.17, 15) is 30.3 Å². The number of allylic oxidation sites excluding steroid dienone is 6. The topological polar surface area (TPSA) is 139 Å². The summed E-state index contributed by atoms with van der Waals surface area (Å²) in [6, 6.07) is 29.4. The van der Waals surface area contributed by atoms with Gasteiger partial charge in [0.05, 0.1) is 34.4 Å². The molecule has 0 atom stereocenters. The maximum absolute atomic E-state index is 13.5. The van der Waals surface area contributed by atoms with Crippen LogP contribution in [0.5, 0.6) is 23.0 Å². The first kappa shape index (κ1) is 29.9. The van der Waals surface area contributed by atoms with Gasteiger partial charge >= 0.3 is 11.5 Å². The van der Waals surface area contributed by atoms with Crippen molar-refractivity contribution in [1.29, 1.82) is 0 Å². The van der Waals surface area contributed by atoms with Crippen LogP contribution in [0.1, 0.15) is 16.7 Å². The summed E-state index contributed by atoms with van der Waals surface area (Å²) in [5, 5.41) is 50.2. The van der Waals surface area contributed by atoms with Crippen LogP contribution < -0.4 is 0 Å². The second-order valence-corrected chi connectivity index (χ2v) is 11.2. The van der Waals surface area contributed by atoms with Crippen LogP contribution in [-0.4, -0.2) is 31.3 Å². The Morgan fingerprint density at radius 1 is 0.521 bits per heavy atom. The highest BCUT2D eigenvalue weighted by atomic mass is 16.5. The Kier molecular flexibility index (Phi) is 7.59. The lowest BCUT2D eigenvalue weighted by molar-refractivity contribution is -0.113. The number of ether oxygens (including phenoxy) is 1. The van der Waals surface area contributed by atoms with Crippen LogP contribution in [0.4, 0.5) is 0 Å². The molecular formula is C40H27O8+. The number of benzene rings is 4. The van der Waals surface area contributed by atoms with E-state index in [-0.39, 0.29) is 45.7 Å². The van der Waals surface area contributed by atoms with Gasteiger partial charge in [-0.3, -0.25) is 4.79 Å². The van der Waals surface area contributed by atoms with Crippen molar-refractivity contribution in [3.05, 3.63) is 167 Å². The second-order valence-electron chi connectivity index (χ2n) is 11.2. The van der Waals surface area contributed by atoms with Gasteiger partial charge in [-0.2, -0.15) is 0 Å². The Hall–Kier alpha value is -6.80. The molecule has 0 unspecified atom stereocenters. The molecule has 1 aromatic heterocycles. The van der Waals surface area contributed by atoms with Crippen LogP contribution in [0.2, 0.25) is 0 Å². The number of Topliss-reactive ketones (excluding diaryl/α,β-unsaturated/α-hetero) is 1. The van der Waals surface area contributed by atoms with E-state index in [0.29, 0.717) is 56.4 Å². The average molecular weight is 636 g/mol. The van der Waals surface area contributed by atoms with Crippen molar-refractivity contribution in [1.82, 2.24) is 0 Å². The fourth-order valence-corrected chi connectivity index (χ4v) is 5.33. The van der Waals surface area contributed by atoms with E-state index in [2.05, 4.69) is 0 Å². The Bertz CT molecular complexity index is 2090. The van der Waals surface area contributed by atoms with Crippen molar-refractivity contribution in [2.24, 2.45) is 0 Å². The normalized spacial score (nSPS) is 15.0. The average Bonchev–Trinajstić information content (AvgIpc) is 3.10. The Morgan fingerprint density at radius 2 is 0.917 bits per heavy atom. The number of hydrogen-bond acceptors (Lipinski definition) is 7. The molecule has 1 aliphatic carbocycles. The predicted octanol–water partition coefficient (Wildman–Crippen LogP) is 8.53. The van der Waals surface area contributed by atoms with Crippen LogP contribution in [0.15, 0.2) is 154 Å². The molecule has 8 nitrogen and oxygen atoms in total. The monoisotopic (exact) mass is 635 g/mol. The molecule has 4 aromatic carbocycles. The van der Waals surface area contributed by atoms with Crippen molar-refractivity contribution >= 4 is 23.4 Å². The molecular weight excluding hydrogens is 608 g/mol. The summed E-state index contributed by atoms with van der Waals surface area (Å²) in [7, 11) is 0. The third kappa shape index (κ3) is 6.05. The zero-order valence-corrected chi connectivity index (χ0v) is 25.2. The van der Waals surface area contributed by atoms with Crippen LogP contribution in [-0.2, 0) is 9.53 Å². The minimum atomic E-state index is -0.358. The number of rotatable bonds is 6. The molecule has 2 aliphatic rings. The molecule has 0 amide bonds. The lowest BCUT2D eigenvalue weighted by Crippen LogP contribution is -2.21. The second kappa shape index (κ2) is 12.2. The summed E-state index contributed by atoms with van der Waals surface area (Å²) >= 11 is 0. The maximum atomic E-state index is 13.5. The molecule has 2 heterocycles. The molecule has 0 spiro atoms. The molecule has 0 radical (unpaired) electrons. The van der Waals surface area contributed by atoms with E-state index in [1.807, 2.05) is 0 Å². The van der Waals surface area contributed by atoms with E-state index in [0.717, 1.165) is 0 Å². The largest absolute Gasteiger partial charge is 0.508 e. The Morgan fingerprint density at radius 3 is 1.31 bits per heavy atom.